The summed E-state index contributed by atoms with van der Waals surface area (Å²) in [7, 11) is 0. The van der Waals surface area contributed by atoms with Crippen molar-refractivity contribution in [3.8, 4) is 0 Å². The van der Waals surface area contributed by atoms with E-state index in [4.69, 9.17) is 10.8 Å². The minimum Gasteiger partial charge on any atom is -0.394 e. The van der Waals surface area contributed by atoms with Crippen LogP contribution in [0.15, 0.2) is 0 Å². The van der Waals surface area contributed by atoms with Crippen LogP contribution in [-0.4, -0.2) is 30.2 Å². The Morgan fingerprint density at radius 2 is 2.23 bits per heavy atom. The zero-order valence-corrected chi connectivity index (χ0v) is 8.63. The average Bonchev–Trinajstić information content (AvgIpc) is 2.16. The molecule has 4 heteroatoms. The van der Waals surface area contributed by atoms with E-state index < -0.39 is 5.41 Å². The van der Waals surface area contributed by atoms with Gasteiger partial charge in [-0.25, -0.2) is 0 Å². The molecule has 0 rings (SSSR count). The number of carbonyl (C=O) groups excluding carboxylic acids is 1. The van der Waals surface area contributed by atoms with Crippen molar-refractivity contribution in [1.82, 2.24) is 5.32 Å². The van der Waals surface area contributed by atoms with Crippen LogP contribution in [0.1, 0.15) is 27.2 Å². The monoisotopic (exact) mass is 188 g/mol. The first-order chi connectivity index (χ1) is 6.00. The molecule has 0 aromatic carbocycles. The van der Waals surface area contributed by atoms with Crippen LogP contribution in [0.4, 0.5) is 0 Å². The Morgan fingerprint density at radius 3 is 2.54 bits per heavy atom. The summed E-state index contributed by atoms with van der Waals surface area (Å²) in [6, 6.07) is -0.204. The number of hydrogen-bond donors (Lipinski definition) is 3. The van der Waals surface area contributed by atoms with E-state index in [1.807, 2.05) is 13.8 Å². The lowest BCUT2D eigenvalue weighted by Gasteiger charge is -2.26. The Hall–Kier alpha value is -0.610. The lowest BCUT2D eigenvalue weighted by Crippen LogP contribution is -2.47. The van der Waals surface area contributed by atoms with Crippen LogP contribution in [0.3, 0.4) is 0 Å². The number of amides is 1. The number of aliphatic hydroxyl groups is 1. The van der Waals surface area contributed by atoms with Crippen molar-refractivity contribution in [2.24, 2.45) is 11.1 Å². The smallest absolute Gasteiger partial charge is 0.227 e. The fourth-order valence-electron chi connectivity index (χ4n) is 0.841. The Morgan fingerprint density at radius 1 is 1.69 bits per heavy atom. The number of nitrogens with one attached hydrogen (secondary N) is 1. The third-order valence-corrected chi connectivity index (χ3v) is 2.43. The first-order valence-corrected chi connectivity index (χ1v) is 4.62. The van der Waals surface area contributed by atoms with Gasteiger partial charge >= 0.3 is 0 Å². The standard InChI is InChI=1S/C9H20N2O2/c1-4-9(3,6-10)8(13)11-7(2)5-12/h7,12H,4-6,10H2,1-3H3,(H,11,13). The molecule has 0 saturated heterocycles. The lowest BCUT2D eigenvalue weighted by atomic mass is 9.86. The van der Waals surface area contributed by atoms with E-state index >= 15 is 0 Å². The predicted octanol–water partition coefficient (Wildman–Crippen LogP) is -0.142. The predicted molar refractivity (Wildman–Crippen MR) is 52.1 cm³/mol. The van der Waals surface area contributed by atoms with Crippen LogP contribution in [0.5, 0.6) is 0 Å². The maximum absolute atomic E-state index is 11.6. The van der Waals surface area contributed by atoms with Crippen molar-refractivity contribution in [3.63, 3.8) is 0 Å². The molecule has 0 bridgehead atoms. The highest BCUT2D eigenvalue weighted by Crippen LogP contribution is 2.19. The molecule has 1 amide bonds. The summed E-state index contributed by atoms with van der Waals surface area (Å²) in [5, 5.41) is 11.5. The summed E-state index contributed by atoms with van der Waals surface area (Å²) in [4.78, 5) is 11.6. The van der Waals surface area contributed by atoms with E-state index in [2.05, 4.69) is 5.32 Å². The van der Waals surface area contributed by atoms with E-state index in [-0.39, 0.29) is 18.6 Å². The third kappa shape index (κ3) is 3.32. The molecule has 4 N–H and O–H groups in total. The van der Waals surface area contributed by atoms with Gasteiger partial charge in [0.15, 0.2) is 0 Å². The fraction of sp³-hybridized carbons (Fsp3) is 0.889. The van der Waals surface area contributed by atoms with Gasteiger partial charge in [0.05, 0.1) is 12.0 Å². The number of rotatable bonds is 5. The average molecular weight is 188 g/mol. The number of nitrogens with two attached hydrogens (primary N) is 1. The van der Waals surface area contributed by atoms with Gasteiger partial charge in [0, 0.05) is 12.6 Å². The SMILES string of the molecule is CCC(C)(CN)C(=O)NC(C)CO. The summed E-state index contributed by atoms with van der Waals surface area (Å²) in [6.45, 7) is 5.79. The van der Waals surface area contributed by atoms with Crippen molar-refractivity contribution in [1.29, 1.82) is 0 Å². The molecule has 0 heterocycles. The van der Waals surface area contributed by atoms with Crippen LogP contribution in [0.2, 0.25) is 0 Å². The molecule has 0 aliphatic rings. The highest BCUT2D eigenvalue weighted by Gasteiger charge is 2.30. The maximum Gasteiger partial charge on any atom is 0.227 e. The summed E-state index contributed by atoms with van der Waals surface area (Å²) < 4.78 is 0. The van der Waals surface area contributed by atoms with Crippen molar-refractivity contribution in [3.05, 3.63) is 0 Å². The molecule has 0 aromatic heterocycles. The van der Waals surface area contributed by atoms with Gasteiger partial charge in [-0.05, 0) is 20.3 Å². The second-order valence-corrected chi connectivity index (χ2v) is 3.68. The molecule has 2 atom stereocenters. The van der Waals surface area contributed by atoms with E-state index in [1.165, 1.54) is 0 Å². The Labute approximate surface area is 79.5 Å². The van der Waals surface area contributed by atoms with Crippen LogP contribution < -0.4 is 11.1 Å². The molecule has 2 unspecified atom stereocenters. The molecule has 0 radical (unpaired) electrons. The normalized spacial score (nSPS) is 17.6. The summed E-state index contributed by atoms with van der Waals surface area (Å²) in [6.07, 6.45) is 0.702. The Bertz CT molecular complexity index is 167. The zero-order valence-electron chi connectivity index (χ0n) is 8.63. The first-order valence-electron chi connectivity index (χ1n) is 4.62. The van der Waals surface area contributed by atoms with Crippen molar-refractivity contribution in [2.45, 2.75) is 33.2 Å². The molecule has 4 nitrogen and oxygen atoms in total. The third-order valence-electron chi connectivity index (χ3n) is 2.43. The molecule has 0 aliphatic carbocycles. The van der Waals surface area contributed by atoms with Gasteiger partial charge in [0.25, 0.3) is 0 Å². The highest BCUT2D eigenvalue weighted by atomic mass is 16.3. The van der Waals surface area contributed by atoms with Gasteiger partial charge in [0.2, 0.25) is 5.91 Å². The van der Waals surface area contributed by atoms with Crippen molar-refractivity contribution in [2.75, 3.05) is 13.2 Å². The van der Waals surface area contributed by atoms with E-state index in [9.17, 15) is 4.79 Å². The van der Waals surface area contributed by atoms with Gasteiger partial charge < -0.3 is 16.2 Å². The lowest BCUT2D eigenvalue weighted by molar-refractivity contribution is -0.130. The summed E-state index contributed by atoms with van der Waals surface area (Å²) in [5.41, 5.74) is 5.00. The molecule has 0 fully saturated rings. The molecular weight excluding hydrogens is 168 g/mol. The quantitative estimate of drug-likeness (QED) is 0.562. The Kier molecular flexibility index (Phi) is 4.95. The van der Waals surface area contributed by atoms with Gasteiger partial charge in [0.1, 0.15) is 0 Å². The van der Waals surface area contributed by atoms with E-state index in [1.54, 1.807) is 6.92 Å². The Balaban J connectivity index is 4.22. The van der Waals surface area contributed by atoms with Crippen LogP contribution in [-0.2, 0) is 4.79 Å². The van der Waals surface area contributed by atoms with Gasteiger partial charge in [-0.1, -0.05) is 6.92 Å². The second-order valence-electron chi connectivity index (χ2n) is 3.68. The van der Waals surface area contributed by atoms with Crippen LogP contribution >= 0.6 is 0 Å². The summed E-state index contributed by atoms with van der Waals surface area (Å²) in [5.74, 6) is -0.0842. The summed E-state index contributed by atoms with van der Waals surface area (Å²) >= 11 is 0. The fourth-order valence-corrected chi connectivity index (χ4v) is 0.841. The van der Waals surface area contributed by atoms with Gasteiger partial charge in [-0.2, -0.15) is 0 Å². The minimum absolute atomic E-state index is 0.0455. The zero-order chi connectivity index (χ0) is 10.5. The molecule has 13 heavy (non-hydrogen) atoms. The van der Waals surface area contributed by atoms with Gasteiger partial charge in [-0.3, -0.25) is 4.79 Å². The van der Waals surface area contributed by atoms with Gasteiger partial charge in [-0.15, -0.1) is 0 Å². The number of carbonyl (C=O) groups is 1. The molecule has 78 valence electrons. The van der Waals surface area contributed by atoms with E-state index in [0.29, 0.717) is 13.0 Å². The first kappa shape index (κ1) is 12.4. The van der Waals surface area contributed by atoms with Crippen molar-refractivity contribution < 1.29 is 9.90 Å². The topological polar surface area (TPSA) is 75.4 Å². The van der Waals surface area contributed by atoms with Crippen molar-refractivity contribution >= 4 is 5.91 Å². The highest BCUT2D eigenvalue weighted by molar-refractivity contribution is 5.82. The number of aliphatic hydroxyl groups excluding tert-OH is 1. The van der Waals surface area contributed by atoms with Crippen LogP contribution in [0.25, 0.3) is 0 Å². The number of hydrogen-bond acceptors (Lipinski definition) is 3. The largest absolute Gasteiger partial charge is 0.394 e. The molecule has 0 saturated carbocycles. The second kappa shape index (κ2) is 5.19. The van der Waals surface area contributed by atoms with E-state index in [0.717, 1.165) is 0 Å². The molecular formula is C9H20N2O2. The van der Waals surface area contributed by atoms with Crippen LogP contribution in [0, 0.1) is 5.41 Å². The minimum atomic E-state index is -0.510. The molecule has 0 aromatic rings. The maximum atomic E-state index is 11.6. The molecule has 0 aliphatic heterocycles. The molecule has 0 spiro atoms.